The van der Waals surface area contributed by atoms with Crippen LogP contribution in [0.1, 0.15) is 13.8 Å². The van der Waals surface area contributed by atoms with Gasteiger partial charge in [0.1, 0.15) is 0 Å². The van der Waals surface area contributed by atoms with Crippen LogP contribution in [0.15, 0.2) is 28.6 Å². The number of fused-ring (bicyclic) bond motifs is 1. The van der Waals surface area contributed by atoms with Gasteiger partial charge in [-0.15, -0.1) is 11.3 Å². The summed E-state index contributed by atoms with van der Waals surface area (Å²) in [5.41, 5.74) is 0.614. The molecule has 2 rings (SSSR count). The standard InChI is InChI=1S/C12H13NO4S2/c1-8(2)17-11(14)7-19(15,16)12-13-9-5-3-4-6-10(9)18-12/h3-6,8H,7H2,1-2H3. The van der Waals surface area contributed by atoms with Crippen LogP contribution in [0.5, 0.6) is 0 Å². The Morgan fingerprint density at radius 2 is 2.05 bits per heavy atom. The van der Waals surface area contributed by atoms with Gasteiger partial charge >= 0.3 is 5.97 Å². The Balaban J connectivity index is 2.26. The Kier molecular flexibility index (Phi) is 3.86. The van der Waals surface area contributed by atoms with Gasteiger partial charge in [0, 0.05) is 0 Å². The van der Waals surface area contributed by atoms with Gasteiger partial charge in [0.05, 0.1) is 16.3 Å². The largest absolute Gasteiger partial charge is 0.462 e. The van der Waals surface area contributed by atoms with E-state index in [4.69, 9.17) is 4.74 Å². The summed E-state index contributed by atoms with van der Waals surface area (Å²) in [6.07, 6.45) is -0.335. The van der Waals surface area contributed by atoms with E-state index in [1.165, 1.54) is 0 Å². The van der Waals surface area contributed by atoms with E-state index in [0.717, 1.165) is 16.0 Å². The van der Waals surface area contributed by atoms with Crippen molar-refractivity contribution in [3.05, 3.63) is 24.3 Å². The third-order valence-electron chi connectivity index (χ3n) is 2.22. The minimum absolute atomic E-state index is 0.0468. The van der Waals surface area contributed by atoms with Crippen LogP contribution in [-0.4, -0.2) is 31.2 Å². The number of hydrogen-bond donors (Lipinski definition) is 0. The summed E-state index contributed by atoms with van der Waals surface area (Å²) >= 11 is 1.06. The van der Waals surface area contributed by atoms with Gasteiger partial charge in [-0.05, 0) is 26.0 Å². The molecular formula is C12H13NO4S2. The van der Waals surface area contributed by atoms with E-state index in [1.54, 1.807) is 32.0 Å². The first kappa shape index (κ1) is 14.0. The van der Waals surface area contributed by atoms with Crippen molar-refractivity contribution >= 4 is 37.4 Å². The number of carbonyl (C=O) groups is 1. The number of para-hydroxylation sites is 1. The fourth-order valence-corrected chi connectivity index (χ4v) is 3.89. The summed E-state index contributed by atoms with van der Waals surface area (Å²) in [4.78, 5) is 15.5. The van der Waals surface area contributed by atoms with Gasteiger partial charge < -0.3 is 4.74 Å². The van der Waals surface area contributed by atoms with E-state index in [-0.39, 0.29) is 10.4 Å². The maximum Gasteiger partial charge on any atom is 0.321 e. The topological polar surface area (TPSA) is 73.3 Å². The predicted molar refractivity (Wildman–Crippen MR) is 72.9 cm³/mol. The van der Waals surface area contributed by atoms with Crippen LogP contribution in [0.3, 0.4) is 0 Å². The number of benzene rings is 1. The number of hydrogen-bond acceptors (Lipinski definition) is 6. The van der Waals surface area contributed by atoms with Crippen LogP contribution in [0.25, 0.3) is 10.2 Å². The highest BCUT2D eigenvalue weighted by Crippen LogP contribution is 2.25. The van der Waals surface area contributed by atoms with Gasteiger partial charge in [-0.1, -0.05) is 12.1 Å². The molecule has 0 aliphatic heterocycles. The second-order valence-corrected chi connectivity index (χ2v) is 7.44. The molecule has 0 radical (unpaired) electrons. The van der Waals surface area contributed by atoms with Crippen molar-refractivity contribution in [1.29, 1.82) is 0 Å². The van der Waals surface area contributed by atoms with Gasteiger partial charge in [0.15, 0.2) is 5.75 Å². The lowest BCUT2D eigenvalue weighted by Crippen LogP contribution is -2.21. The first-order valence-corrected chi connectivity index (χ1v) is 8.13. The van der Waals surface area contributed by atoms with Crippen molar-refractivity contribution in [1.82, 2.24) is 4.98 Å². The highest BCUT2D eigenvalue weighted by Gasteiger charge is 2.24. The van der Waals surface area contributed by atoms with E-state index in [0.29, 0.717) is 5.52 Å². The van der Waals surface area contributed by atoms with Crippen molar-refractivity contribution in [2.24, 2.45) is 0 Å². The molecule has 102 valence electrons. The number of nitrogens with zero attached hydrogens (tertiary/aromatic N) is 1. The summed E-state index contributed by atoms with van der Waals surface area (Å²) in [6.45, 7) is 3.34. The predicted octanol–water partition coefficient (Wildman–Crippen LogP) is 2.02. The molecule has 0 unspecified atom stereocenters. The maximum atomic E-state index is 12.0. The maximum absolute atomic E-state index is 12.0. The molecule has 1 aromatic heterocycles. The SMILES string of the molecule is CC(C)OC(=O)CS(=O)(=O)c1nc2ccccc2s1. The Hall–Kier alpha value is -1.47. The van der Waals surface area contributed by atoms with Gasteiger partial charge in [-0.2, -0.15) is 0 Å². The molecule has 1 aromatic carbocycles. The first-order valence-electron chi connectivity index (χ1n) is 5.66. The Bertz CT molecular complexity index is 670. The molecule has 0 N–H and O–H groups in total. The van der Waals surface area contributed by atoms with Gasteiger partial charge in [-0.3, -0.25) is 4.79 Å². The minimum atomic E-state index is -3.73. The summed E-state index contributed by atoms with van der Waals surface area (Å²) in [6, 6.07) is 7.12. The van der Waals surface area contributed by atoms with Crippen LogP contribution in [0.4, 0.5) is 0 Å². The van der Waals surface area contributed by atoms with Crippen molar-refractivity contribution in [2.45, 2.75) is 24.3 Å². The molecule has 0 bridgehead atoms. The smallest absolute Gasteiger partial charge is 0.321 e. The van der Waals surface area contributed by atoms with Gasteiger partial charge in [0.2, 0.25) is 14.2 Å². The lowest BCUT2D eigenvalue weighted by atomic mass is 10.3. The molecule has 19 heavy (non-hydrogen) atoms. The molecule has 0 saturated carbocycles. The zero-order chi connectivity index (χ0) is 14.0. The van der Waals surface area contributed by atoms with Crippen LogP contribution in [0.2, 0.25) is 0 Å². The lowest BCUT2D eigenvalue weighted by molar-refractivity contribution is -0.144. The fraction of sp³-hybridized carbons (Fsp3) is 0.333. The quantitative estimate of drug-likeness (QED) is 0.808. The molecule has 0 aliphatic rings. The summed E-state index contributed by atoms with van der Waals surface area (Å²) in [7, 11) is -3.73. The molecular weight excluding hydrogens is 286 g/mol. The van der Waals surface area contributed by atoms with E-state index in [9.17, 15) is 13.2 Å². The van der Waals surface area contributed by atoms with Gasteiger partial charge in [0.25, 0.3) is 0 Å². The fourth-order valence-electron chi connectivity index (χ4n) is 1.50. The molecule has 1 heterocycles. The van der Waals surface area contributed by atoms with Crippen molar-refractivity contribution in [3.63, 3.8) is 0 Å². The van der Waals surface area contributed by atoms with Crippen molar-refractivity contribution in [3.8, 4) is 0 Å². The average molecular weight is 299 g/mol. The zero-order valence-corrected chi connectivity index (χ0v) is 12.1. The lowest BCUT2D eigenvalue weighted by Gasteiger charge is -2.06. The van der Waals surface area contributed by atoms with Crippen LogP contribution in [-0.2, 0) is 19.4 Å². The second kappa shape index (κ2) is 5.26. The van der Waals surface area contributed by atoms with E-state index in [1.807, 2.05) is 6.07 Å². The highest BCUT2D eigenvalue weighted by atomic mass is 32.2. The second-order valence-electron chi connectivity index (χ2n) is 4.25. The summed E-state index contributed by atoms with van der Waals surface area (Å²) in [5, 5.41) is 0. The molecule has 2 aromatic rings. The first-order chi connectivity index (χ1) is 8.88. The van der Waals surface area contributed by atoms with E-state index < -0.39 is 21.6 Å². The third kappa shape index (κ3) is 3.30. The minimum Gasteiger partial charge on any atom is -0.462 e. The Morgan fingerprint density at radius 1 is 1.37 bits per heavy atom. The normalized spacial score (nSPS) is 11.9. The number of esters is 1. The molecule has 0 atom stereocenters. The molecule has 0 aliphatic carbocycles. The summed E-state index contributed by atoms with van der Waals surface area (Å²) < 4.78 is 29.7. The molecule has 7 heteroatoms. The number of ether oxygens (including phenoxy) is 1. The zero-order valence-electron chi connectivity index (χ0n) is 10.5. The molecule has 0 spiro atoms. The average Bonchev–Trinajstić information content (AvgIpc) is 2.71. The molecule has 0 saturated heterocycles. The monoisotopic (exact) mass is 299 g/mol. The number of rotatable bonds is 4. The molecule has 5 nitrogen and oxygen atoms in total. The molecule has 0 fully saturated rings. The van der Waals surface area contributed by atoms with Crippen molar-refractivity contribution in [2.75, 3.05) is 5.75 Å². The Labute approximate surface area is 115 Å². The van der Waals surface area contributed by atoms with Crippen LogP contribution >= 0.6 is 11.3 Å². The van der Waals surface area contributed by atoms with Crippen molar-refractivity contribution < 1.29 is 17.9 Å². The molecule has 0 amide bonds. The van der Waals surface area contributed by atoms with E-state index in [2.05, 4.69) is 4.98 Å². The highest BCUT2D eigenvalue weighted by molar-refractivity contribution is 7.94. The van der Waals surface area contributed by atoms with Crippen LogP contribution in [0, 0.1) is 0 Å². The summed E-state index contributed by atoms with van der Waals surface area (Å²) in [5.74, 6) is -1.43. The van der Waals surface area contributed by atoms with Crippen LogP contribution < -0.4 is 0 Å². The number of thiazole rings is 1. The third-order valence-corrected chi connectivity index (χ3v) is 5.30. The Morgan fingerprint density at radius 3 is 2.68 bits per heavy atom. The number of sulfone groups is 1. The van der Waals surface area contributed by atoms with Gasteiger partial charge in [-0.25, -0.2) is 13.4 Å². The number of carbonyl (C=O) groups excluding carboxylic acids is 1. The van der Waals surface area contributed by atoms with E-state index >= 15 is 0 Å². The number of aromatic nitrogens is 1.